The zero-order valence-corrected chi connectivity index (χ0v) is 9.99. The fourth-order valence-electron chi connectivity index (χ4n) is 1.85. The van der Waals surface area contributed by atoms with Gasteiger partial charge in [0.25, 0.3) is 0 Å². The number of nitrogens with two attached hydrogens (primary N) is 1. The third kappa shape index (κ3) is 3.18. The first-order chi connectivity index (χ1) is 7.08. The summed E-state index contributed by atoms with van der Waals surface area (Å²) in [4.78, 5) is 13.9. The number of carbonyl (C=O) groups excluding carboxylic acids is 1. The van der Waals surface area contributed by atoms with Crippen LogP contribution in [-0.2, 0) is 4.79 Å². The Bertz CT molecular complexity index is 210. The molecule has 0 aromatic carbocycles. The number of rotatable bonds is 5. The molecule has 1 aliphatic heterocycles. The van der Waals surface area contributed by atoms with E-state index in [-0.39, 0.29) is 18.0 Å². The first-order valence-corrected chi connectivity index (χ1v) is 5.88. The zero-order chi connectivity index (χ0) is 11.4. The molecular weight excluding hydrogens is 190 g/mol. The van der Waals surface area contributed by atoms with Gasteiger partial charge in [0.15, 0.2) is 0 Å². The molecule has 1 fully saturated rings. The number of hydrogen-bond donors (Lipinski definition) is 2. The lowest BCUT2D eigenvalue weighted by Gasteiger charge is -2.40. The van der Waals surface area contributed by atoms with Crippen molar-refractivity contribution in [3.8, 4) is 0 Å². The predicted octanol–water partition coefficient (Wildman–Crippen LogP) is 0.323. The Morgan fingerprint density at radius 2 is 2.00 bits per heavy atom. The highest BCUT2D eigenvalue weighted by Gasteiger charge is 2.31. The van der Waals surface area contributed by atoms with Crippen LogP contribution in [-0.4, -0.2) is 42.0 Å². The van der Waals surface area contributed by atoms with Crippen LogP contribution in [0.5, 0.6) is 0 Å². The fourth-order valence-corrected chi connectivity index (χ4v) is 1.85. The normalized spacial score (nSPS) is 20.1. The highest BCUT2D eigenvalue weighted by Crippen LogP contribution is 2.10. The number of amides is 1. The van der Waals surface area contributed by atoms with Gasteiger partial charge in [-0.2, -0.15) is 0 Å². The Hall–Kier alpha value is -0.610. The molecule has 1 unspecified atom stereocenters. The molecule has 1 atom stereocenters. The molecule has 1 rings (SSSR count). The van der Waals surface area contributed by atoms with Crippen molar-refractivity contribution in [1.82, 2.24) is 10.2 Å². The monoisotopic (exact) mass is 213 g/mol. The van der Waals surface area contributed by atoms with E-state index in [2.05, 4.69) is 24.1 Å². The van der Waals surface area contributed by atoms with Gasteiger partial charge >= 0.3 is 0 Å². The van der Waals surface area contributed by atoms with Crippen LogP contribution in [0.4, 0.5) is 0 Å². The second-order valence-corrected chi connectivity index (χ2v) is 4.41. The van der Waals surface area contributed by atoms with E-state index in [0.29, 0.717) is 6.04 Å². The highest BCUT2D eigenvalue weighted by molar-refractivity contribution is 5.81. The van der Waals surface area contributed by atoms with Crippen LogP contribution in [0, 0.1) is 0 Å². The van der Waals surface area contributed by atoms with Crippen molar-refractivity contribution >= 4 is 5.91 Å². The van der Waals surface area contributed by atoms with Gasteiger partial charge in [-0.25, -0.2) is 0 Å². The molecule has 1 aliphatic rings. The molecule has 0 aliphatic carbocycles. The van der Waals surface area contributed by atoms with E-state index < -0.39 is 0 Å². The second-order valence-electron chi connectivity index (χ2n) is 4.41. The average Bonchev–Trinajstić information content (AvgIpc) is 2.20. The summed E-state index contributed by atoms with van der Waals surface area (Å²) in [6.07, 6.45) is 1.99. The first-order valence-electron chi connectivity index (χ1n) is 5.88. The van der Waals surface area contributed by atoms with Crippen molar-refractivity contribution in [1.29, 1.82) is 0 Å². The predicted molar refractivity (Wildman–Crippen MR) is 61.5 cm³/mol. The van der Waals surface area contributed by atoms with Crippen LogP contribution < -0.4 is 11.1 Å². The lowest BCUT2D eigenvalue weighted by Crippen LogP contribution is -2.62. The van der Waals surface area contributed by atoms with Crippen LogP contribution in [0.3, 0.4) is 0 Å². The number of hydrogen-bond acceptors (Lipinski definition) is 3. The second kappa shape index (κ2) is 5.47. The van der Waals surface area contributed by atoms with E-state index in [9.17, 15) is 4.79 Å². The molecule has 0 saturated carbocycles. The van der Waals surface area contributed by atoms with Crippen LogP contribution in [0.25, 0.3) is 0 Å². The minimum Gasteiger partial charge on any atom is -0.352 e. The Morgan fingerprint density at radius 1 is 1.47 bits per heavy atom. The van der Waals surface area contributed by atoms with Crippen molar-refractivity contribution < 1.29 is 4.79 Å². The summed E-state index contributed by atoms with van der Waals surface area (Å²) < 4.78 is 0. The molecule has 1 saturated heterocycles. The van der Waals surface area contributed by atoms with Gasteiger partial charge in [0.05, 0.1) is 6.04 Å². The molecule has 3 N–H and O–H groups in total. The number of nitrogens with one attached hydrogen (secondary N) is 1. The zero-order valence-electron chi connectivity index (χ0n) is 9.99. The van der Waals surface area contributed by atoms with Crippen molar-refractivity contribution in [2.24, 2.45) is 5.73 Å². The first kappa shape index (κ1) is 12.5. The molecule has 0 aromatic heterocycles. The van der Waals surface area contributed by atoms with Crippen LogP contribution in [0.1, 0.15) is 33.6 Å². The maximum atomic E-state index is 11.8. The van der Waals surface area contributed by atoms with Crippen LogP contribution in [0.15, 0.2) is 0 Å². The van der Waals surface area contributed by atoms with Crippen molar-refractivity contribution in [2.45, 2.75) is 51.7 Å². The quantitative estimate of drug-likeness (QED) is 0.691. The molecule has 4 nitrogen and oxygen atoms in total. The topological polar surface area (TPSA) is 58.4 Å². The van der Waals surface area contributed by atoms with Gasteiger partial charge in [-0.05, 0) is 19.8 Å². The van der Waals surface area contributed by atoms with Gasteiger partial charge < -0.3 is 11.1 Å². The standard InChI is InChI=1S/C11H23N3O/c1-4-10(5-2)13-11(15)8(3)14-6-9(12)7-14/h8-10H,4-7,12H2,1-3H3,(H,13,15). The molecule has 0 radical (unpaired) electrons. The Morgan fingerprint density at radius 3 is 2.40 bits per heavy atom. The number of likely N-dealkylation sites (tertiary alicyclic amines) is 1. The molecule has 0 bridgehead atoms. The van der Waals surface area contributed by atoms with E-state index in [1.165, 1.54) is 0 Å². The van der Waals surface area contributed by atoms with Crippen molar-refractivity contribution in [3.63, 3.8) is 0 Å². The molecule has 1 heterocycles. The van der Waals surface area contributed by atoms with E-state index in [1.54, 1.807) is 0 Å². The SMILES string of the molecule is CCC(CC)NC(=O)C(C)N1CC(N)C1. The van der Waals surface area contributed by atoms with Gasteiger partial charge in [0.2, 0.25) is 5.91 Å². The smallest absolute Gasteiger partial charge is 0.237 e. The summed E-state index contributed by atoms with van der Waals surface area (Å²) in [5.41, 5.74) is 5.69. The fraction of sp³-hybridized carbons (Fsp3) is 0.909. The third-order valence-electron chi connectivity index (χ3n) is 3.20. The third-order valence-corrected chi connectivity index (χ3v) is 3.20. The lowest BCUT2D eigenvalue weighted by atomic mass is 10.1. The molecule has 0 aromatic rings. The summed E-state index contributed by atoms with van der Waals surface area (Å²) in [7, 11) is 0. The maximum Gasteiger partial charge on any atom is 0.237 e. The maximum absolute atomic E-state index is 11.8. The number of nitrogens with zero attached hydrogens (tertiary/aromatic N) is 1. The summed E-state index contributed by atoms with van der Waals surface area (Å²) in [5, 5.41) is 3.06. The molecule has 4 heteroatoms. The Kier molecular flexibility index (Phi) is 4.54. The largest absolute Gasteiger partial charge is 0.352 e. The molecule has 0 spiro atoms. The molecule has 1 amide bonds. The van der Waals surface area contributed by atoms with Gasteiger partial charge in [0.1, 0.15) is 0 Å². The lowest BCUT2D eigenvalue weighted by molar-refractivity contribution is -0.128. The molecular formula is C11H23N3O. The molecule has 88 valence electrons. The van der Waals surface area contributed by atoms with E-state index >= 15 is 0 Å². The Balaban J connectivity index is 2.32. The summed E-state index contributed by atoms with van der Waals surface area (Å²) in [6.45, 7) is 7.83. The summed E-state index contributed by atoms with van der Waals surface area (Å²) in [5.74, 6) is 0.135. The van der Waals surface area contributed by atoms with Gasteiger partial charge in [0, 0.05) is 25.2 Å². The average molecular weight is 213 g/mol. The Labute approximate surface area is 92.2 Å². The van der Waals surface area contributed by atoms with Crippen LogP contribution >= 0.6 is 0 Å². The minimum atomic E-state index is -0.0367. The van der Waals surface area contributed by atoms with Gasteiger partial charge in [-0.1, -0.05) is 13.8 Å². The van der Waals surface area contributed by atoms with E-state index in [1.807, 2.05) is 6.92 Å². The van der Waals surface area contributed by atoms with Crippen molar-refractivity contribution in [2.75, 3.05) is 13.1 Å². The highest BCUT2D eigenvalue weighted by atomic mass is 16.2. The van der Waals surface area contributed by atoms with Crippen LogP contribution in [0.2, 0.25) is 0 Å². The van der Waals surface area contributed by atoms with E-state index in [4.69, 9.17) is 5.73 Å². The summed E-state index contributed by atoms with van der Waals surface area (Å²) in [6, 6.07) is 0.536. The van der Waals surface area contributed by atoms with Gasteiger partial charge in [-0.3, -0.25) is 9.69 Å². The van der Waals surface area contributed by atoms with E-state index in [0.717, 1.165) is 25.9 Å². The minimum absolute atomic E-state index is 0.0367. The van der Waals surface area contributed by atoms with Crippen molar-refractivity contribution in [3.05, 3.63) is 0 Å². The molecule has 15 heavy (non-hydrogen) atoms. The number of carbonyl (C=O) groups is 1. The van der Waals surface area contributed by atoms with Gasteiger partial charge in [-0.15, -0.1) is 0 Å². The summed E-state index contributed by atoms with van der Waals surface area (Å²) >= 11 is 0.